The number of carbonyl (C=O) groups is 2. The third-order valence-corrected chi connectivity index (χ3v) is 2.70. The third-order valence-electron chi connectivity index (χ3n) is 2.70. The molecular formula is C15H22N4O4. The maximum atomic E-state index is 11.8. The average Bonchev–Trinajstić information content (AvgIpc) is 2.47. The zero-order valence-electron chi connectivity index (χ0n) is 14.0. The Balaban J connectivity index is 2.98. The average molecular weight is 322 g/mol. The first-order valence-electron chi connectivity index (χ1n) is 7.22. The van der Waals surface area contributed by atoms with Crippen LogP contribution in [0.5, 0.6) is 0 Å². The van der Waals surface area contributed by atoms with Gasteiger partial charge in [-0.2, -0.15) is 0 Å². The number of rotatable bonds is 7. The molecule has 1 heterocycles. The summed E-state index contributed by atoms with van der Waals surface area (Å²) in [6, 6.07) is 0. The zero-order valence-corrected chi connectivity index (χ0v) is 14.0. The monoisotopic (exact) mass is 322 g/mol. The van der Waals surface area contributed by atoms with Crippen LogP contribution in [0, 0.1) is 6.92 Å². The van der Waals surface area contributed by atoms with Gasteiger partial charge < -0.3 is 19.7 Å². The lowest BCUT2D eigenvalue weighted by Gasteiger charge is -2.14. The van der Waals surface area contributed by atoms with Gasteiger partial charge in [-0.3, -0.25) is 0 Å². The van der Waals surface area contributed by atoms with Crippen LogP contribution in [0.1, 0.15) is 19.5 Å². The molecule has 1 rings (SSSR count). The van der Waals surface area contributed by atoms with Crippen LogP contribution in [0.3, 0.4) is 0 Å². The van der Waals surface area contributed by atoms with Gasteiger partial charge in [0.15, 0.2) is 5.57 Å². The van der Waals surface area contributed by atoms with Crippen molar-refractivity contribution in [2.45, 2.75) is 20.8 Å². The number of ether oxygens (including phenoxy) is 2. The molecule has 0 aliphatic rings. The second kappa shape index (κ2) is 8.72. The van der Waals surface area contributed by atoms with E-state index in [9.17, 15) is 9.59 Å². The maximum Gasteiger partial charge on any atom is 0.347 e. The molecule has 0 fully saturated rings. The van der Waals surface area contributed by atoms with Gasteiger partial charge >= 0.3 is 11.9 Å². The fourth-order valence-corrected chi connectivity index (χ4v) is 1.75. The molecule has 0 spiro atoms. The number of hydrogen-bond acceptors (Lipinski definition) is 8. The number of hydrogen-bond donors (Lipinski definition) is 1. The van der Waals surface area contributed by atoms with Gasteiger partial charge in [0.25, 0.3) is 0 Å². The van der Waals surface area contributed by atoms with E-state index in [1.807, 2.05) is 25.9 Å². The highest BCUT2D eigenvalue weighted by Gasteiger charge is 2.21. The van der Waals surface area contributed by atoms with Crippen LogP contribution in [-0.4, -0.2) is 49.2 Å². The summed E-state index contributed by atoms with van der Waals surface area (Å²) >= 11 is 0. The summed E-state index contributed by atoms with van der Waals surface area (Å²) in [7, 11) is 3.73. The predicted molar refractivity (Wildman–Crippen MR) is 86.1 cm³/mol. The largest absolute Gasteiger partial charge is 0.462 e. The number of nitrogens with zero attached hydrogens (tertiary/aromatic N) is 3. The van der Waals surface area contributed by atoms with Crippen LogP contribution in [-0.2, 0) is 19.1 Å². The second-order valence-corrected chi connectivity index (χ2v) is 4.70. The van der Waals surface area contributed by atoms with Gasteiger partial charge in [0.05, 0.1) is 25.1 Å². The molecule has 0 aromatic carbocycles. The van der Waals surface area contributed by atoms with Crippen molar-refractivity contribution in [2.75, 3.05) is 37.5 Å². The van der Waals surface area contributed by atoms with E-state index >= 15 is 0 Å². The van der Waals surface area contributed by atoms with E-state index in [0.29, 0.717) is 11.5 Å². The molecule has 0 unspecified atom stereocenters. The van der Waals surface area contributed by atoms with Crippen molar-refractivity contribution in [3.63, 3.8) is 0 Å². The van der Waals surface area contributed by atoms with Crippen molar-refractivity contribution in [3.05, 3.63) is 23.7 Å². The van der Waals surface area contributed by atoms with Crippen LogP contribution in [0.15, 0.2) is 18.0 Å². The summed E-state index contributed by atoms with van der Waals surface area (Å²) in [4.78, 5) is 34.0. The van der Waals surface area contributed by atoms with Crippen LogP contribution >= 0.6 is 0 Å². The first-order valence-corrected chi connectivity index (χ1v) is 7.22. The fraction of sp³-hybridized carbons (Fsp3) is 0.467. The lowest BCUT2D eigenvalue weighted by molar-refractivity contribution is -0.146. The molecule has 1 aromatic rings. The molecule has 0 atom stereocenters. The molecule has 23 heavy (non-hydrogen) atoms. The van der Waals surface area contributed by atoms with Crippen LogP contribution in [0.2, 0.25) is 0 Å². The highest BCUT2D eigenvalue weighted by Crippen LogP contribution is 2.14. The minimum atomic E-state index is -0.756. The molecule has 1 aromatic heterocycles. The summed E-state index contributed by atoms with van der Waals surface area (Å²) in [6.45, 7) is 5.44. The Labute approximate surface area is 135 Å². The van der Waals surface area contributed by atoms with E-state index in [0.717, 1.165) is 5.82 Å². The molecule has 8 nitrogen and oxygen atoms in total. The molecule has 8 heteroatoms. The zero-order chi connectivity index (χ0) is 17.4. The summed E-state index contributed by atoms with van der Waals surface area (Å²) in [6.07, 6.45) is 2.72. The van der Waals surface area contributed by atoms with Crippen molar-refractivity contribution in [1.29, 1.82) is 0 Å². The predicted octanol–water partition coefficient (Wildman–Crippen LogP) is 1.27. The number of aromatic nitrogens is 2. The van der Waals surface area contributed by atoms with Crippen molar-refractivity contribution in [3.8, 4) is 0 Å². The Morgan fingerprint density at radius 3 is 2.22 bits per heavy atom. The Morgan fingerprint density at radius 2 is 1.78 bits per heavy atom. The van der Waals surface area contributed by atoms with Gasteiger partial charge in [-0.1, -0.05) is 0 Å². The minimum Gasteiger partial charge on any atom is -0.462 e. The molecule has 0 saturated carbocycles. The van der Waals surface area contributed by atoms with Crippen LogP contribution in [0.4, 0.5) is 11.6 Å². The number of carbonyl (C=O) groups excluding carboxylic acids is 2. The van der Waals surface area contributed by atoms with Gasteiger partial charge in [0, 0.05) is 20.3 Å². The topological polar surface area (TPSA) is 93.6 Å². The van der Waals surface area contributed by atoms with E-state index in [4.69, 9.17) is 9.47 Å². The van der Waals surface area contributed by atoms with Crippen molar-refractivity contribution in [2.24, 2.45) is 0 Å². The van der Waals surface area contributed by atoms with E-state index < -0.39 is 11.9 Å². The van der Waals surface area contributed by atoms with Gasteiger partial charge in [-0.25, -0.2) is 19.6 Å². The highest BCUT2D eigenvalue weighted by atomic mass is 16.6. The molecule has 0 aliphatic carbocycles. The molecule has 1 N–H and O–H groups in total. The first kappa shape index (κ1) is 18.4. The normalized spacial score (nSPS) is 9.78. The van der Waals surface area contributed by atoms with Gasteiger partial charge in [-0.05, 0) is 20.8 Å². The van der Waals surface area contributed by atoms with E-state index in [1.54, 1.807) is 13.8 Å². The summed E-state index contributed by atoms with van der Waals surface area (Å²) < 4.78 is 9.69. The standard InChI is InChI=1S/C15H22N4O4/c1-6-22-14(20)11(15(21)23-7-2)8-16-12-9-17-13(19(4)5)10(3)18-12/h8-9H,6-7H2,1-5H3,(H,16,18). The Bertz CT molecular complexity index is 579. The Hall–Kier alpha value is -2.64. The van der Waals surface area contributed by atoms with E-state index in [2.05, 4.69) is 15.3 Å². The van der Waals surface area contributed by atoms with Crippen molar-refractivity contribution >= 4 is 23.6 Å². The van der Waals surface area contributed by atoms with Gasteiger partial charge in [0.1, 0.15) is 11.6 Å². The lowest BCUT2D eigenvalue weighted by Crippen LogP contribution is -2.19. The SMILES string of the molecule is CCOC(=O)C(=CNc1cnc(N(C)C)c(C)n1)C(=O)OCC. The number of anilines is 2. The molecule has 0 radical (unpaired) electrons. The van der Waals surface area contributed by atoms with Crippen LogP contribution < -0.4 is 10.2 Å². The number of nitrogens with one attached hydrogen (secondary N) is 1. The lowest BCUT2D eigenvalue weighted by atomic mass is 10.3. The van der Waals surface area contributed by atoms with Crippen molar-refractivity contribution < 1.29 is 19.1 Å². The molecule has 0 aliphatic heterocycles. The quantitative estimate of drug-likeness (QED) is 0.347. The fourth-order valence-electron chi connectivity index (χ4n) is 1.75. The molecular weight excluding hydrogens is 300 g/mol. The maximum absolute atomic E-state index is 11.8. The third kappa shape index (κ3) is 5.24. The molecule has 126 valence electrons. The second-order valence-electron chi connectivity index (χ2n) is 4.70. The minimum absolute atomic E-state index is 0.159. The molecule has 0 bridgehead atoms. The number of esters is 2. The summed E-state index contributed by atoms with van der Waals surface area (Å²) in [5.41, 5.74) is 0.479. The number of aryl methyl sites for hydroxylation is 1. The van der Waals surface area contributed by atoms with Gasteiger partial charge in [0.2, 0.25) is 0 Å². The Kier molecular flexibility index (Phi) is 6.98. The summed E-state index contributed by atoms with van der Waals surface area (Å²) in [5, 5.41) is 2.77. The van der Waals surface area contributed by atoms with E-state index in [1.165, 1.54) is 12.4 Å². The van der Waals surface area contributed by atoms with Crippen LogP contribution in [0.25, 0.3) is 0 Å². The molecule has 0 amide bonds. The van der Waals surface area contributed by atoms with Crippen molar-refractivity contribution in [1.82, 2.24) is 9.97 Å². The summed E-state index contributed by atoms with van der Waals surface area (Å²) in [5.74, 6) is -0.379. The highest BCUT2D eigenvalue weighted by molar-refractivity contribution is 6.14. The Morgan fingerprint density at radius 1 is 1.22 bits per heavy atom. The molecule has 0 saturated heterocycles. The van der Waals surface area contributed by atoms with Gasteiger partial charge in [-0.15, -0.1) is 0 Å². The smallest absolute Gasteiger partial charge is 0.347 e. The first-order chi connectivity index (χ1) is 10.9. The van der Waals surface area contributed by atoms with E-state index in [-0.39, 0.29) is 18.8 Å².